The van der Waals surface area contributed by atoms with E-state index in [1.165, 1.54) is 83.6 Å². The van der Waals surface area contributed by atoms with Gasteiger partial charge in [0.2, 0.25) is 0 Å². The summed E-state index contributed by atoms with van der Waals surface area (Å²) in [5, 5.41) is 7.02. The number of nitrogens with two attached hydrogens (primary N) is 1. The van der Waals surface area contributed by atoms with Gasteiger partial charge in [-0.05, 0) is 58.4 Å². The molecule has 0 unspecified atom stereocenters. The molecule has 0 aliphatic carbocycles. The van der Waals surface area contributed by atoms with Crippen LogP contribution >= 0.6 is 37.2 Å². The zero-order valence-corrected chi connectivity index (χ0v) is 19.0. The molecule has 0 atom stereocenters. The Balaban J connectivity index is -0.000000735. The molecule has 0 amide bonds. The molecule has 158 valence electrons. The molecule has 0 bridgehead atoms. The van der Waals surface area contributed by atoms with Gasteiger partial charge in [0, 0.05) is 0 Å². The first-order valence-corrected chi connectivity index (χ1v) is 10.0. The van der Waals surface area contributed by atoms with E-state index in [0.29, 0.717) is 0 Å². The first kappa shape index (κ1) is 33.3. The summed E-state index contributed by atoms with van der Waals surface area (Å²) in [6.45, 7) is 7.71. The molecule has 0 aliphatic heterocycles. The summed E-state index contributed by atoms with van der Waals surface area (Å²) in [5.74, 6) is 0. The van der Waals surface area contributed by atoms with Crippen LogP contribution in [0.3, 0.4) is 0 Å². The van der Waals surface area contributed by atoms with E-state index in [2.05, 4.69) is 17.6 Å². The standard InChI is InChI=1S/C19H43N3.3ClH/c1-2-3-4-5-6-7-8-9-10-12-16-21-18-14-19-22-17-13-11-15-20;;;/h21-22H,2-20H2,1H3;3*1H. The minimum absolute atomic E-state index is 0. The summed E-state index contributed by atoms with van der Waals surface area (Å²) < 4.78 is 0. The van der Waals surface area contributed by atoms with Gasteiger partial charge in [-0.3, -0.25) is 0 Å². The van der Waals surface area contributed by atoms with Gasteiger partial charge >= 0.3 is 0 Å². The number of hydrogen-bond acceptors (Lipinski definition) is 3. The summed E-state index contributed by atoms with van der Waals surface area (Å²) in [7, 11) is 0. The highest BCUT2D eigenvalue weighted by Crippen LogP contribution is 2.10. The van der Waals surface area contributed by atoms with Gasteiger partial charge in [0.05, 0.1) is 0 Å². The molecule has 0 aromatic carbocycles. The Morgan fingerprint density at radius 2 is 0.840 bits per heavy atom. The van der Waals surface area contributed by atoms with Crippen LogP contribution in [0.4, 0.5) is 0 Å². The third-order valence-electron chi connectivity index (χ3n) is 4.22. The molecule has 3 nitrogen and oxygen atoms in total. The van der Waals surface area contributed by atoms with E-state index in [0.717, 1.165) is 32.6 Å². The van der Waals surface area contributed by atoms with Crippen molar-refractivity contribution in [1.29, 1.82) is 0 Å². The number of rotatable bonds is 19. The smallest absolute Gasteiger partial charge is 0.00368 e. The molecule has 0 fully saturated rings. The maximum absolute atomic E-state index is 5.46. The average Bonchev–Trinajstić information content (AvgIpc) is 2.54. The van der Waals surface area contributed by atoms with E-state index in [9.17, 15) is 0 Å². The fraction of sp³-hybridized carbons (Fsp3) is 1.00. The van der Waals surface area contributed by atoms with Crippen LogP contribution in [0, 0.1) is 0 Å². The lowest BCUT2D eigenvalue weighted by molar-refractivity contribution is 0.534. The second-order valence-electron chi connectivity index (χ2n) is 6.53. The Morgan fingerprint density at radius 3 is 1.28 bits per heavy atom. The van der Waals surface area contributed by atoms with Gasteiger partial charge in [0.15, 0.2) is 0 Å². The molecular formula is C19H46Cl3N3. The highest BCUT2D eigenvalue weighted by atomic mass is 35.5. The molecule has 25 heavy (non-hydrogen) atoms. The first-order valence-electron chi connectivity index (χ1n) is 10.0. The molecule has 0 aromatic heterocycles. The highest BCUT2D eigenvalue weighted by Gasteiger charge is 1.93. The zero-order valence-electron chi connectivity index (χ0n) is 16.5. The molecular weight excluding hydrogens is 377 g/mol. The van der Waals surface area contributed by atoms with E-state index in [4.69, 9.17) is 5.73 Å². The van der Waals surface area contributed by atoms with Crippen LogP contribution in [0.25, 0.3) is 0 Å². The SMILES string of the molecule is CCCCCCCCCCCCNCCCNCCCCN.Cl.Cl.Cl. The van der Waals surface area contributed by atoms with Crippen molar-refractivity contribution in [2.45, 2.75) is 90.4 Å². The fourth-order valence-corrected chi connectivity index (χ4v) is 2.72. The van der Waals surface area contributed by atoms with Crippen molar-refractivity contribution in [3.05, 3.63) is 0 Å². The quantitative estimate of drug-likeness (QED) is 0.241. The Kier molecular flexibility index (Phi) is 43.2. The number of unbranched alkanes of at least 4 members (excludes halogenated alkanes) is 10. The monoisotopic (exact) mass is 421 g/mol. The molecule has 6 heteroatoms. The summed E-state index contributed by atoms with van der Waals surface area (Å²) in [6, 6.07) is 0. The average molecular weight is 423 g/mol. The third kappa shape index (κ3) is 32.8. The molecule has 0 radical (unpaired) electrons. The number of nitrogens with one attached hydrogen (secondary N) is 2. The molecule has 0 heterocycles. The maximum Gasteiger partial charge on any atom is -0.00368 e. The predicted molar refractivity (Wildman–Crippen MR) is 122 cm³/mol. The molecule has 0 aromatic rings. The second kappa shape index (κ2) is 32.4. The number of hydrogen-bond donors (Lipinski definition) is 3. The molecule has 0 aliphatic rings. The van der Waals surface area contributed by atoms with Crippen LogP contribution in [0.5, 0.6) is 0 Å². The van der Waals surface area contributed by atoms with E-state index < -0.39 is 0 Å². The molecule has 4 N–H and O–H groups in total. The van der Waals surface area contributed by atoms with Crippen LogP contribution < -0.4 is 16.4 Å². The van der Waals surface area contributed by atoms with Crippen molar-refractivity contribution >= 4 is 37.2 Å². The van der Waals surface area contributed by atoms with Crippen LogP contribution in [0.2, 0.25) is 0 Å². The summed E-state index contributed by atoms with van der Waals surface area (Å²) in [6.07, 6.45) is 17.8. The van der Waals surface area contributed by atoms with Gasteiger partial charge in [0.25, 0.3) is 0 Å². The lowest BCUT2D eigenvalue weighted by Gasteiger charge is -2.06. The van der Waals surface area contributed by atoms with E-state index in [1.54, 1.807) is 0 Å². The lowest BCUT2D eigenvalue weighted by atomic mass is 10.1. The van der Waals surface area contributed by atoms with Crippen LogP contribution in [-0.4, -0.2) is 32.7 Å². The number of halogens is 3. The largest absolute Gasteiger partial charge is 0.330 e. The van der Waals surface area contributed by atoms with Gasteiger partial charge in [0.1, 0.15) is 0 Å². The van der Waals surface area contributed by atoms with Crippen molar-refractivity contribution in [2.75, 3.05) is 32.7 Å². The summed E-state index contributed by atoms with van der Waals surface area (Å²) in [4.78, 5) is 0. The van der Waals surface area contributed by atoms with Crippen molar-refractivity contribution in [1.82, 2.24) is 10.6 Å². The van der Waals surface area contributed by atoms with E-state index >= 15 is 0 Å². The topological polar surface area (TPSA) is 50.1 Å². The molecule has 0 rings (SSSR count). The van der Waals surface area contributed by atoms with E-state index in [1.807, 2.05) is 0 Å². The highest BCUT2D eigenvalue weighted by molar-refractivity contribution is 5.86. The minimum Gasteiger partial charge on any atom is -0.330 e. The second-order valence-corrected chi connectivity index (χ2v) is 6.53. The first-order chi connectivity index (χ1) is 10.9. The molecule has 0 saturated carbocycles. The molecule has 0 saturated heterocycles. The van der Waals surface area contributed by atoms with Gasteiger partial charge in [-0.15, -0.1) is 37.2 Å². The maximum atomic E-state index is 5.46. The Bertz CT molecular complexity index is 179. The van der Waals surface area contributed by atoms with Gasteiger partial charge in [-0.25, -0.2) is 0 Å². The van der Waals surface area contributed by atoms with Crippen LogP contribution in [0.1, 0.15) is 90.4 Å². The van der Waals surface area contributed by atoms with E-state index in [-0.39, 0.29) is 37.2 Å². The van der Waals surface area contributed by atoms with Crippen LogP contribution in [-0.2, 0) is 0 Å². The summed E-state index contributed by atoms with van der Waals surface area (Å²) in [5.41, 5.74) is 5.46. The van der Waals surface area contributed by atoms with Gasteiger partial charge in [-0.1, -0.05) is 64.7 Å². The normalized spacial score (nSPS) is 9.84. The van der Waals surface area contributed by atoms with Crippen molar-refractivity contribution < 1.29 is 0 Å². The zero-order chi connectivity index (χ0) is 16.1. The Hall–Kier alpha value is 0.750. The van der Waals surface area contributed by atoms with Crippen LogP contribution in [0.15, 0.2) is 0 Å². The Labute approximate surface area is 176 Å². The minimum atomic E-state index is 0. The third-order valence-corrected chi connectivity index (χ3v) is 4.22. The predicted octanol–water partition coefficient (Wildman–Crippen LogP) is 5.48. The van der Waals surface area contributed by atoms with Crippen molar-refractivity contribution in [3.8, 4) is 0 Å². The van der Waals surface area contributed by atoms with Gasteiger partial charge in [-0.2, -0.15) is 0 Å². The van der Waals surface area contributed by atoms with Gasteiger partial charge < -0.3 is 16.4 Å². The summed E-state index contributed by atoms with van der Waals surface area (Å²) >= 11 is 0. The Morgan fingerprint density at radius 1 is 0.480 bits per heavy atom. The van der Waals surface area contributed by atoms with Crippen molar-refractivity contribution in [2.24, 2.45) is 5.73 Å². The lowest BCUT2D eigenvalue weighted by Crippen LogP contribution is -2.23. The molecule has 0 spiro atoms. The fourth-order valence-electron chi connectivity index (χ4n) is 2.72. The van der Waals surface area contributed by atoms with Crippen molar-refractivity contribution in [3.63, 3.8) is 0 Å².